The maximum absolute atomic E-state index is 14.1. The molecule has 2 aromatic carbocycles. The van der Waals surface area contributed by atoms with Crippen LogP contribution in [0.5, 0.6) is 5.75 Å². The normalized spacial score (nSPS) is 11.2. The standard InChI is InChI=1S/C21H23F2N3O2S/c1-4-28-16-8-6-14(7-9-16)20(27)26(11-5-10-25(2)3)21-24-19-17(23)12-15(22)13-18(19)29-21/h6-9,12-13H,4-5,10-11H2,1-3H3/p+1. The van der Waals surface area contributed by atoms with Gasteiger partial charge in [0.25, 0.3) is 5.91 Å². The molecule has 1 N–H and O–H groups in total. The number of carbonyl (C=O) groups excluding carboxylic acids is 1. The highest BCUT2D eigenvalue weighted by atomic mass is 32.1. The Morgan fingerprint density at radius 3 is 2.59 bits per heavy atom. The van der Waals surface area contributed by atoms with Crippen LogP contribution in [0, 0.1) is 11.6 Å². The molecule has 1 amide bonds. The minimum Gasteiger partial charge on any atom is -0.494 e. The second-order valence-electron chi connectivity index (χ2n) is 6.96. The van der Waals surface area contributed by atoms with Gasteiger partial charge in [-0.15, -0.1) is 0 Å². The van der Waals surface area contributed by atoms with Crippen molar-refractivity contribution in [2.45, 2.75) is 13.3 Å². The minimum absolute atomic E-state index is 0.0779. The molecule has 0 bridgehead atoms. The number of amides is 1. The highest BCUT2D eigenvalue weighted by molar-refractivity contribution is 7.22. The van der Waals surface area contributed by atoms with Gasteiger partial charge in [-0.3, -0.25) is 9.69 Å². The monoisotopic (exact) mass is 420 g/mol. The summed E-state index contributed by atoms with van der Waals surface area (Å²) in [4.78, 5) is 20.3. The average Bonchev–Trinajstić information content (AvgIpc) is 3.09. The van der Waals surface area contributed by atoms with E-state index in [1.165, 1.54) is 11.0 Å². The Labute approximate surface area is 172 Å². The molecule has 0 radical (unpaired) electrons. The van der Waals surface area contributed by atoms with Crippen molar-refractivity contribution in [3.05, 3.63) is 53.6 Å². The lowest BCUT2D eigenvalue weighted by molar-refractivity contribution is -0.858. The predicted octanol–water partition coefficient (Wildman–Crippen LogP) is 3.15. The van der Waals surface area contributed by atoms with Gasteiger partial charge >= 0.3 is 0 Å². The van der Waals surface area contributed by atoms with Crippen molar-refractivity contribution in [3.8, 4) is 5.75 Å². The molecule has 0 aliphatic heterocycles. The van der Waals surface area contributed by atoms with Crippen LogP contribution in [0.3, 0.4) is 0 Å². The zero-order valence-corrected chi connectivity index (χ0v) is 17.5. The van der Waals surface area contributed by atoms with Crippen LogP contribution in [-0.2, 0) is 0 Å². The first-order chi connectivity index (χ1) is 13.9. The number of ether oxygens (including phenoxy) is 1. The Bertz CT molecular complexity index is 990. The molecule has 0 atom stereocenters. The van der Waals surface area contributed by atoms with E-state index >= 15 is 0 Å². The van der Waals surface area contributed by atoms with Crippen LogP contribution in [-0.4, -0.2) is 44.7 Å². The van der Waals surface area contributed by atoms with Crippen molar-refractivity contribution >= 4 is 32.6 Å². The summed E-state index contributed by atoms with van der Waals surface area (Å²) in [6, 6.07) is 8.93. The summed E-state index contributed by atoms with van der Waals surface area (Å²) >= 11 is 1.11. The first-order valence-electron chi connectivity index (χ1n) is 9.48. The van der Waals surface area contributed by atoms with Crippen LogP contribution in [0.2, 0.25) is 0 Å². The topological polar surface area (TPSA) is 46.9 Å². The number of quaternary nitrogens is 1. The third kappa shape index (κ3) is 5.07. The zero-order valence-electron chi connectivity index (χ0n) is 16.7. The molecule has 5 nitrogen and oxygen atoms in total. The van der Waals surface area contributed by atoms with E-state index < -0.39 is 11.6 Å². The molecule has 1 aromatic heterocycles. The molecule has 0 spiro atoms. The van der Waals surface area contributed by atoms with Crippen molar-refractivity contribution in [3.63, 3.8) is 0 Å². The third-order valence-corrected chi connectivity index (χ3v) is 5.37. The molecule has 0 aliphatic rings. The summed E-state index contributed by atoms with van der Waals surface area (Å²) in [5, 5.41) is 0.358. The van der Waals surface area contributed by atoms with Crippen molar-refractivity contribution < 1.29 is 23.2 Å². The lowest BCUT2D eigenvalue weighted by Gasteiger charge is -2.20. The summed E-state index contributed by atoms with van der Waals surface area (Å²) in [6.07, 6.45) is 0.748. The molecular weight excluding hydrogens is 396 g/mol. The van der Waals surface area contributed by atoms with Gasteiger partial charge in [0.1, 0.15) is 17.1 Å². The number of benzene rings is 2. The number of halogens is 2. The fourth-order valence-electron chi connectivity index (χ4n) is 2.95. The number of thiazole rings is 1. The number of hydrogen-bond acceptors (Lipinski definition) is 4. The second kappa shape index (κ2) is 9.28. The van der Waals surface area contributed by atoms with Crippen LogP contribution >= 0.6 is 11.3 Å². The Hall–Kier alpha value is -2.58. The smallest absolute Gasteiger partial charge is 0.260 e. The molecule has 0 saturated carbocycles. The van der Waals surface area contributed by atoms with Gasteiger partial charge in [-0.2, -0.15) is 0 Å². The molecule has 0 fully saturated rings. The number of nitrogens with one attached hydrogen (secondary N) is 1. The maximum Gasteiger partial charge on any atom is 0.260 e. The minimum atomic E-state index is -0.728. The van der Waals surface area contributed by atoms with E-state index in [1.54, 1.807) is 29.2 Å². The van der Waals surface area contributed by atoms with E-state index in [4.69, 9.17) is 4.74 Å². The summed E-state index contributed by atoms with van der Waals surface area (Å²) in [5.41, 5.74) is 0.561. The van der Waals surface area contributed by atoms with E-state index in [0.29, 0.717) is 34.3 Å². The molecule has 8 heteroatoms. The molecule has 0 saturated heterocycles. The predicted molar refractivity (Wildman–Crippen MR) is 111 cm³/mol. The van der Waals surface area contributed by atoms with E-state index in [1.807, 2.05) is 21.0 Å². The highest BCUT2D eigenvalue weighted by Gasteiger charge is 2.23. The van der Waals surface area contributed by atoms with Gasteiger partial charge in [0.15, 0.2) is 10.9 Å². The third-order valence-electron chi connectivity index (χ3n) is 4.35. The maximum atomic E-state index is 14.1. The van der Waals surface area contributed by atoms with Crippen LogP contribution in [0.1, 0.15) is 23.7 Å². The molecule has 3 aromatic rings. The van der Waals surface area contributed by atoms with Crippen LogP contribution in [0.15, 0.2) is 36.4 Å². The molecule has 0 unspecified atom stereocenters. The van der Waals surface area contributed by atoms with Crippen LogP contribution < -0.4 is 14.5 Å². The fourth-order valence-corrected chi connectivity index (χ4v) is 3.98. The van der Waals surface area contributed by atoms with Gasteiger partial charge in [-0.25, -0.2) is 13.8 Å². The molecular formula is C21H24F2N3O2S+. The SMILES string of the molecule is CCOc1ccc(C(=O)N(CCC[NH+](C)C)c2nc3c(F)cc(F)cc3s2)cc1. The number of anilines is 1. The lowest BCUT2D eigenvalue weighted by atomic mass is 10.2. The highest BCUT2D eigenvalue weighted by Crippen LogP contribution is 2.32. The molecule has 0 aliphatic carbocycles. The zero-order chi connectivity index (χ0) is 21.0. The first-order valence-corrected chi connectivity index (χ1v) is 10.3. The van der Waals surface area contributed by atoms with E-state index in [-0.39, 0.29) is 11.4 Å². The summed E-state index contributed by atoms with van der Waals surface area (Å²) in [7, 11) is 4.07. The molecule has 1 heterocycles. The number of fused-ring (bicyclic) bond motifs is 1. The van der Waals surface area contributed by atoms with Gasteiger partial charge in [-0.05, 0) is 37.3 Å². The number of rotatable bonds is 8. The van der Waals surface area contributed by atoms with Gasteiger partial charge < -0.3 is 9.64 Å². The average molecular weight is 421 g/mol. The summed E-state index contributed by atoms with van der Waals surface area (Å²) < 4.78 is 33.5. The van der Waals surface area contributed by atoms with Gasteiger partial charge in [0.05, 0.1) is 31.9 Å². The van der Waals surface area contributed by atoms with Crippen molar-refractivity contribution in [2.75, 3.05) is 38.7 Å². The first kappa shape index (κ1) is 21.1. The van der Waals surface area contributed by atoms with E-state index in [2.05, 4.69) is 4.98 Å². The van der Waals surface area contributed by atoms with Gasteiger partial charge in [-0.1, -0.05) is 11.3 Å². The summed E-state index contributed by atoms with van der Waals surface area (Å²) in [6.45, 7) is 3.73. The quantitative estimate of drug-likeness (QED) is 0.609. The molecule has 29 heavy (non-hydrogen) atoms. The summed E-state index contributed by atoms with van der Waals surface area (Å²) in [5.74, 6) is -0.939. The largest absolute Gasteiger partial charge is 0.494 e. The fraction of sp³-hybridized carbons (Fsp3) is 0.333. The Morgan fingerprint density at radius 1 is 1.21 bits per heavy atom. The Balaban J connectivity index is 1.93. The Kier molecular flexibility index (Phi) is 6.76. The number of hydrogen-bond donors (Lipinski definition) is 1. The van der Waals surface area contributed by atoms with Crippen molar-refractivity contribution in [1.82, 2.24) is 4.98 Å². The number of aromatic nitrogens is 1. The lowest BCUT2D eigenvalue weighted by Crippen LogP contribution is -3.05. The van der Waals surface area contributed by atoms with Crippen molar-refractivity contribution in [1.29, 1.82) is 0 Å². The molecule has 3 rings (SSSR count). The van der Waals surface area contributed by atoms with Gasteiger partial charge in [0, 0.05) is 24.6 Å². The number of carbonyl (C=O) groups is 1. The van der Waals surface area contributed by atoms with E-state index in [9.17, 15) is 13.6 Å². The number of nitrogens with zero attached hydrogens (tertiary/aromatic N) is 2. The van der Waals surface area contributed by atoms with Crippen LogP contribution in [0.25, 0.3) is 10.2 Å². The second-order valence-corrected chi connectivity index (χ2v) is 7.96. The Morgan fingerprint density at radius 2 is 1.93 bits per heavy atom. The van der Waals surface area contributed by atoms with Gasteiger partial charge in [0.2, 0.25) is 0 Å². The van der Waals surface area contributed by atoms with Crippen LogP contribution in [0.4, 0.5) is 13.9 Å². The van der Waals surface area contributed by atoms with E-state index in [0.717, 1.165) is 30.4 Å². The molecule has 154 valence electrons. The van der Waals surface area contributed by atoms with Crippen molar-refractivity contribution in [2.24, 2.45) is 0 Å².